The van der Waals surface area contributed by atoms with Crippen LogP contribution in [0, 0.1) is 0 Å². The van der Waals surface area contributed by atoms with E-state index in [-0.39, 0.29) is 0 Å². The molecular formula is C13H20N2S2. The van der Waals surface area contributed by atoms with Crippen LogP contribution in [0.3, 0.4) is 0 Å². The van der Waals surface area contributed by atoms with Gasteiger partial charge in [0.2, 0.25) is 0 Å². The van der Waals surface area contributed by atoms with E-state index in [1.54, 1.807) is 11.3 Å². The first-order valence-electron chi connectivity index (χ1n) is 6.32. The number of thiocarbonyl (C=S) groups is 1. The molecule has 0 bridgehead atoms. The first kappa shape index (κ1) is 12.8. The molecule has 94 valence electrons. The van der Waals surface area contributed by atoms with Crippen LogP contribution in [0.5, 0.6) is 0 Å². The Labute approximate surface area is 113 Å². The summed E-state index contributed by atoms with van der Waals surface area (Å²) in [6.45, 7) is 2.18. The fourth-order valence-corrected chi connectivity index (χ4v) is 3.38. The number of hydrogen-bond donors (Lipinski definition) is 2. The molecule has 1 fully saturated rings. The summed E-state index contributed by atoms with van der Waals surface area (Å²) >= 11 is 7.09. The molecule has 1 atom stereocenters. The summed E-state index contributed by atoms with van der Waals surface area (Å²) in [6.07, 6.45) is 6.24. The molecule has 0 spiro atoms. The number of nitrogens with one attached hydrogen (secondary N) is 2. The maximum atomic E-state index is 5.34. The lowest BCUT2D eigenvalue weighted by molar-refractivity contribution is 0.595. The second-order valence-corrected chi connectivity index (χ2v) is 6.02. The normalized spacial score (nSPS) is 17.9. The van der Waals surface area contributed by atoms with Gasteiger partial charge in [0.1, 0.15) is 0 Å². The first-order chi connectivity index (χ1) is 8.24. The summed E-state index contributed by atoms with van der Waals surface area (Å²) < 4.78 is 0. The molecule has 1 heterocycles. The molecule has 17 heavy (non-hydrogen) atoms. The van der Waals surface area contributed by atoms with E-state index in [9.17, 15) is 0 Å². The van der Waals surface area contributed by atoms with Crippen LogP contribution in [0.2, 0.25) is 0 Å². The zero-order valence-electron chi connectivity index (χ0n) is 10.2. The van der Waals surface area contributed by atoms with Gasteiger partial charge >= 0.3 is 0 Å². The van der Waals surface area contributed by atoms with Gasteiger partial charge in [-0.3, -0.25) is 0 Å². The molecule has 2 nitrogen and oxygen atoms in total. The Kier molecular flexibility index (Phi) is 4.80. The van der Waals surface area contributed by atoms with Crippen LogP contribution in [0.4, 0.5) is 0 Å². The maximum absolute atomic E-state index is 5.34. The van der Waals surface area contributed by atoms with E-state index in [2.05, 4.69) is 34.4 Å². The molecule has 2 rings (SSSR count). The lowest BCUT2D eigenvalue weighted by Gasteiger charge is -2.19. The van der Waals surface area contributed by atoms with Crippen LogP contribution in [0.25, 0.3) is 0 Å². The standard InChI is InChI=1S/C13H20N2S2/c1-10(8-11-6-7-17-9-11)14-13(16)15-12-4-2-3-5-12/h6-7,9-10,12H,2-5,8H2,1H3,(H2,14,15,16). The third-order valence-electron chi connectivity index (χ3n) is 3.19. The van der Waals surface area contributed by atoms with E-state index in [1.165, 1.54) is 31.2 Å². The third-order valence-corrected chi connectivity index (χ3v) is 4.16. The summed E-state index contributed by atoms with van der Waals surface area (Å²) in [5.41, 5.74) is 1.39. The van der Waals surface area contributed by atoms with Gasteiger partial charge in [-0.15, -0.1) is 0 Å². The molecule has 1 aliphatic carbocycles. The summed E-state index contributed by atoms with van der Waals surface area (Å²) in [4.78, 5) is 0. The van der Waals surface area contributed by atoms with Gasteiger partial charge in [0.25, 0.3) is 0 Å². The highest BCUT2D eigenvalue weighted by Crippen LogP contribution is 2.17. The Morgan fingerprint density at radius 1 is 1.53 bits per heavy atom. The smallest absolute Gasteiger partial charge is 0.166 e. The van der Waals surface area contributed by atoms with Crippen molar-refractivity contribution in [2.45, 2.75) is 51.1 Å². The van der Waals surface area contributed by atoms with Gasteiger partial charge in [0, 0.05) is 12.1 Å². The predicted molar refractivity (Wildman–Crippen MR) is 78.6 cm³/mol. The Morgan fingerprint density at radius 2 is 2.29 bits per heavy atom. The highest BCUT2D eigenvalue weighted by atomic mass is 32.1. The van der Waals surface area contributed by atoms with Gasteiger partial charge < -0.3 is 10.6 Å². The van der Waals surface area contributed by atoms with E-state index in [1.807, 2.05) is 0 Å². The Balaban J connectivity index is 1.70. The minimum Gasteiger partial charge on any atom is -0.360 e. The van der Waals surface area contributed by atoms with Gasteiger partial charge in [-0.2, -0.15) is 11.3 Å². The number of hydrogen-bond acceptors (Lipinski definition) is 2. The van der Waals surface area contributed by atoms with E-state index in [0.29, 0.717) is 12.1 Å². The molecular weight excluding hydrogens is 248 g/mol. The summed E-state index contributed by atoms with van der Waals surface area (Å²) in [5, 5.41) is 11.9. The van der Waals surface area contributed by atoms with Crippen LogP contribution >= 0.6 is 23.6 Å². The van der Waals surface area contributed by atoms with E-state index in [0.717, 1.165) is 11.5 Å². The highest BCUT2D eigenvalue weighted by molar-refractivity contribution is 7.80. The van der Waals surface area contributed by atoms with E-state index < -0.39 is 0 Å². The van der Waals surface area contributed by atoms with Gasteiger partial charge in [-0.1, -0.05) is 12.8 Å². The fourth-order valence-electron chi connectivity index (χ4n) is 2.33. The van der Waals surface area contributed by atoms with Gasteiger partial charge in [-0.25, -0.2) is 0 Å². The van der Waals surface area contributed by atoms with Crippen molar-refractivity contribution in [1.82, 2.24) is 10.6 Å². The lowest BCUT2D eigenvalue weighted by atomic mass is 10.1. The first-order valence-corrected chi connectivity index (χ1v) is 7.67. The van der Waals surface area contributed by atoms with Gasteiger partial charge in [-0.05, 0) is 60.8 Å². The largest absolute Gasteiger partial charge is 0.360 e. The third kappa shape index (κ3) is 4.28. The predicted octanol–water partition coefficient (Wildman–Crippen LogP) is 3.09. The van der Waals surface area contributed by atoms with Crippen molar-refractivity contribution in [3.8, 4) is 0 Å². The maximum Gasteiger partial charge on any atom is 0.166 e. The summed E-state index contributed by atoms with van der Waals surface area (Å²) in [6, 6.07) is 3.17. The Hall–Kier alpha value is -0.610. The Bertz CT molecular complexity index is 342. The fraction of sp³-hybridized carbons (Fsp3) is 0.615. The van der Waals surface area contributed by atoms with E-state index in [4.69, 9.17) is 12.2 Å². The van der Waals surface area contributed by atoms with Crippen molar-refractivity contribution >= 4 is 28.7 Å². The molecule has 0 radical (unpaired) electrons. The topological polar surface area (TPSA) is 24.1 Å². The molecule has 0 aromatic carbocycles. The average molecular weight is 268 g/mol. The van der Waals surface area contributed by atoms with Gasteiger partial charge in [0.05, 0.1) is 0 Å². The van der Waals surface area contributed by atoms with Crippen molar-refractivity contribution in [1.29, 1.82) is 0 Å². The van der Waals surface area contributed by atoms with Crippen LogP contribution in [0.1, 0.15) is 38.2 Å². The van der Waals surface area contributed by atoms with Crippen LogP contribution in [0.15, 0.2) is 16.8 Å². The molecule has 0 saturated heterocycles. The van der Waals surface area contributed by atoms with Crippen molar-refractivity contribution in [2.75, 3.05) is 0 Å². The van der Waals surface area contributed by atoms with Crippen molar-refractivity contribution < 1.29 is 0 Å². The van der Waals surface area contributed by atoms with Crippen molar-refractivity contribution in [3.63, 3.8) is 0 Å². The van der Waals surface area contributed by atoms with Crippen LogP contribution in [-0.4, -0.2) is 17.2 Å². The molecule has 2 N–H and O–H groups in total. The zero-order chi connectivity index (χ0) is 12.1. The SMILES string of the molecule is CC(Cc1ccsc1)NC(=S)NC1CCCC1. The zero-order valence-corrected chi connectivity index (χ0v) is 11.9. The Morgan fingerprint density at radius 3 is 2.94 bits per heavy atom. The quantitative estimate of drug-likeness (QED) is 0.821. The molecule has 1 aromatic rings. The molecule has 1 saturated carbocycles. The molecule has 4 heteroatoms. The second-order valence-electron chi connectivity index (χ2n) is 4.84. The molecule has 1 aliphatic rings. The molecule has 0 amide bonds. The lowest BCUT2D eigenvalue weighted by Crippen LogP contribution is -2.44. The number of rotatable bonds is 4. The molecule has 1 unspecified atom stereocenters. The van der Waals surface area contributed by atoms with Crippen molar-refractivity contribution in [3.05, 3.63) is 22.4 Å². The number of thiophene rings is 1. The minimum atomic E-state index is 0.394. The molecule has 1 aromatic heterocycles. The second kappa shape index (κ2) is 6.36. The summed E-state index contributed by atoms with van der Waals surface area (Å²) in [5.74, 6) is 0. The monoisotopic (exact) mass is 268 g/mol. The van der Waals surface area contributed by atoms with Crippen molar-refractivity contribution in [2.24, 2.45) is 0 Å². The molecule has 0 aliphatic heterocycles. The summed E-state index contributed by atoms with van der Waals surface area (Å²) in [7, 11) is 0. The minimum absolute atomic E-state index is 0.394. The van der Waals surface area contributed by atoms with Gasteiger partial charge in [0.15, 0.2) is 5.11 Å². The average Bonchev–Trinajstić information content (AvgIpc) is 2.90. The highest BCUT2D eigenvalue weighted by Gasteiger charge is 2.16. The van der Waals surface area contributed by atoms with Crippen LogP contribution < -0.4 is 10.6 Å². The van der Waals surface area contributed by atoms with E-state index >= 15 is 0 Å². The van der Waals surface area contributed by atoms with Crippen LogP contribution in [-0.2, 0) is 6.42 Å².